The molecule has 0 saturated carbocycles. The molecule has 0 aliphatic heterocycles. The summed E-state index contributed by atoms with van der Waals surface area (Å²) in [6.07, 6.45) is 9.37. The Balaban J connectivity index is 0. The van der Waals surface area contributed by atoms with Gasteiger partial charge in [0.1, 0.15) is 0 Å². The molecule has 3 heteroatoms. The van der Waals surface area contributed by atoms with Crippen molar-refractivity contribution in [2.24, 2.45) is 0 Å². The summed E-state index contributed by atoms with van der Waals surface area (Å²) in [5.41, 5.74) is 5.12. The van der Waals surface area contributed by atoms with Gasteiger partial charge >= 0.3 is 110 Å². The molecule has 0 aromatic carbocycles. The third-order valence-electron chi connectivity index (χ3n) is 3.35. The van der Waals surface area contributed by atoms with E-state index in [0.717, 1.165) is 0 Å². The summed E-state index contributed by atoms with van der Waals surface area (Å²) in [6, 6.07) is 0. The monoisotopic (exact) mass is 351 g/mol. The standard InChI is InChI=1S/C14H23.2ClH.Zr/c1-4-6-8-13-10-11-14(12(13)3)9-7-5-2;;;/h4-10H2,1-3H3;2*1H;/q;;;+2/p-2. The average molecular weight is 353 g/mol. The van der Waals surface area contributed by atoms with E-state index in [2.05, 4.69) is 20.8 Å². The van der Waals surface area contributed by atoms with E-state index in [4.69, 9.17) is 0 Å². The molecule has 0 fully saturated rings. The van der Waals surface area contributed by atoms with Crippen molar-refractivity contribution in [2.75, 3.05) is 0 Å². The maximum absolute atomic E-state index is 2.35. The second-order valence-electron chi connectivity index (χ2n) is 4.57. The minimum Gasteiger partial charge on any atom is -1.00 e. The van der Waals surface area contributed by atoms with E-state index < -0.39 is 0 Å². The number of hydrogen-bond donors (Lipinski definition) is 0. The number of halogens is 2. The van der Waals surface area contributed by atoms with Gasteiger partial charge in [0.15, 0.2) is 0 Å². The van der Waals surface area contributed by atoms with E-state index in [0.29, 0.717) is 0 Å². The van der Waals surface area contributed by atoms with Crippen LogP contribution in [0.25, 0.3) is 0 Å². The van der Waals surface area contributed by atoms with Gasteiger partial charge in [-0.1, -0.05) is 0 Å². The SMILES string of the molecule is CCCCC1=C(C)C(CCCC)=[C]([Zr+2])C1.[Cl-].[Cl-]. The summed E-state index contributed by atoms with van der Waals surface area (Å²) >= 11 is 1.65. The fourth-order valence-corrected chi connectivity index (χ4v) is 3.54. The van der Waals surface area contributed by atoms with Crippen LogP contribution in [0.5, 0.6) is 0 Å². The summed E-state index contributed by atoms with van der Waals surface area (Å²) in [5.74, 6) is 0. The van der Waals surface area contributed by atoms with Gasteiger partial charge in [-0.05, 0) is 0 Å². The van der Waals surface area contributed by atoms with Crippen LogP contribution in [-0.4, -0.2) is 0 Å². The van der Waals surface area contributed by atoms with Crippen LogP contribution in [0.1, 0.15) is 65.7 Å². The molecule has 0 aromatic heterocycles. The van der Waals surface area contributed by atoms with Gasteiger partial charge in [-0.25, -0.2) is 0 Å². The van der Waals surface area contributed by atoms with Crippen molar-refractivity contribution in [3.63, 3.8) is 0 Å². The molecule has 1 rings (SSSR count). The Morgan fingerprint density at radius 2 is 1.53 bits per heavy atom. The summed E-state index contributed by atoms with van der Waals surface area (Å²) < 4.78 is 1.74. The summed E-state index contributed by atoms with van der Waals surface area (Å²) in [4.78, 5) is 0. The minimum atomic E-state index is 0. The van der Waals surface area contributed by atoms with Crippen molar-refractivity contribution in [1.29, 1.82) is 0 Å². The van der Waals surface area contributed by atoms with Crippen LogP contribution in [0, 0.1) is 0 Å². The molecule has 17 heavy (non-hydrogen) atoms. The van der Waals surface area contributed by atoms with Gasteiger partial charge in [-0.15, -0.1) is 0 Å². The molecular weight excluding hydrogens is 330 g/mol. The molecule has 1 aliphatic rings. The van der Waals surface area contributed by atoms with Crippen molar-refractivity contribution in [3.8, 4) is 0 Å². The minimum absolute atomic E-state index is 0. The predicted molar refractivity (Wildman–Crippen MR) is 63.4 cm³/mol. The van der Waals surface area contributed by atoms with Crippen LogP contribution in [0.4, 0.5) is 0 Å². The van der Waals surface area contributed by atoms with Crippen molar-refractivity contribution >= 4 is 0 Å². The summed E-state index contributed by atoms with van der Waals surface area (Å²) in [5, 5.41) is 0. The normalized spacial score (nSPS) is 14.9. The first-order valence-electron chi connectivity index (χ1n) is 6.33. The van der Waals surface area contributed by atoms with E-state index in [9.17, 15) is 0 Å². The first-order valence-corrected chi connectivity index (χ1v) is 7.56. The average Bonchev–Trinajstić information content (AvgIpc) is 2.49. The molecule has 0 spiro atoms. The van der Waals surface area contributed by atoms with Crippen molar-refractivity contribution < 1.29 is 49.5 Å². The van der Waals surface area contributed by atoms with E-state index >= 15 is 0 Å². The largest absolute Gasteiger partial charge is 1.00 e. The predicted octanol–water partition coefficient (Wildman–Crippen LogP) is -1.10. The molecule has 0 heterocycles. The molecule has 0 radical (unpaired) electrons. The van der Waals surface area contributed by atoms with Crippen LogP contribution >= 0.6 is 0 Å². The van der Waals surface area contributed by atoms with Crippen molar-refractivity contribution in [2.45, 2.75) is 65.7 Å². The maximum atomic E-state index is 2.35. The number of allylic oxidation sites excluding steroid dienone is 4. The first-order chi connectivity index (χ1) is 7.20. The van der Waals surface area contributed by atoms with Crippen molar-refractivity contribution in [3.05, 3.63) is 20.0 Å². The second kappa shape index (κ2) is 10.8. The van der Waals surface area contributed by atoms with Crippen LogP contribution in [0.2, 0.25) is 0 Å². The molecule has 0 amide bonds. The van der Waals surface area contributed by atoms with Crippen LogP contribution in [-0.2, 0) is 24.7 Å². The van der Waals surface area contributed by atoms with Gasteiger partial charge in [0.2, 0.25) is 0 Å². The third kappa shape index (κ3) is 6.08. The van der Waals surface area contributed by atoms with Crippen molar-refractivity contribution in [1.82, 2.24) is 0 Å². The number of unbranched alkanes of at least 4 members (excludes halogenated alkanes) is 2. The van der Waals surface area contributed by atoms with E-state index in [1.54, 1.807) is 44.7 Å². The Bertz CT molecular complexity index is 280. The zero-order valence-corrected chi connectivity index (χ0v) is 15.2. The first kappa shape index (κ1) is 20.3. The van der Waals surface area contributed by atoms with E-state index in [1.165, 1.54) is 44.9 Å². The van der Waals surface area contributed by atoms with Gasteiger partial charge in [0.25, 0.3) is 0 Å². The zero-order valence-electron chi connectivity index (χ0n) is 11.2. The summed E-state index contributed by atoms with van der Waals surface area (Å²) in [6.45, 7) is 6.93. The Hall–Kier alpha value is 0.943. The van der Waals surface area contributed by atoms with E-state index in [1.807, 2.05) is 0 Å². The van der Waals surface area contributed by atoms with Gasteiger partial charge < -0.3 is 24.8 Å². The van der Waals surface area contributed by atoms with Gasteiger partial charge in [0, 0.05) is 0 Å². The fraction of sp³-hybridized carbons (Fsp3) is 0.714. The molecule has 0 aromatic rings. The number of rotatable bonds is 6. The van der Waals surface area contributed by atoms with Crippen LogP contribution in [0.15, 0.2) is 20.0 Å². The quantitative estimate of drug-likeness (QED) is 0.569. The Kier molecular flexibility index (Phi) is 12.9. The molecule has 1 aliphatic carbocycles. The second-order valence-corrected chi connectivity index (χ2v) is 6.05. The summed E-state index contributed by atoms with van der Waals surface area (Å²) in [7, 11) is 0. The molecule has 0 nitrogen and oxygen atoms in total. The van der Waals surface area contributed by atoms with Gasteiger partial charge in [0.05, 0.1) is 0 Å². The molecular formula is C14H23Cl2Zr. The molecule has 97 valence electrons. The molecule has 0 unspecified atom stereocenters. The Labute approximate surface area is 134 Å². The Morgan fingerprint density at radius 1 is 1.00 bits per heavy atom. The molecule has 0 N–H and O–H groups in total. The molecule has 0 saturated heterocycles. The topological polar surface area (TPSA) is 0 Å². The Morgan fingerprint density at radius 3 is 2.06 bits per heavy atom. The smallest absolute Gasteiger partial charge is 1.00 e. The molecule has 0 atom stereocenters. The zero-order chi connectivity index (χ0) is 11.3. The number of hydrogen-bond acceptors (Lipinski definition) is 0. The van der Waals surface area contributed by atoms with E-state index in [-0.39, 0.29) is 24.8 Å². The maximum Gasteiger partial charge on any atom is -1.00 e. The fourth-order valence-electron chi connectivity index (χ4n) is 2.25. The van der Waals surface area contributed by atoms with Gasteiger partial charge in [-0.2, -0.15) is 0 Å². The van der Waals surface area contributed by atoms with Crippen LogP contribution < -0.4 is 24.8 Å². The molecule has 0 bridgehead atoms. The van der Waals surface area contributed by atoms with Crippen LogP contribution in [0.3, 0.4) is 0 Å². The van der Waals surface area contributed by atoms with Gasteiger partial charge in [-0.3, -0.25) is 0 Å². The third-order valence-corrected chi connectivity index (χ3v) is 4.53.